The van der Waals surface area contributed by atoms with Gasteiger partial charge in [0.05, 0.1) is 6.26 Å². The lowest BCUT2D eigenvalue weighted by Crippen LogP contribution is -2.43. The van der Waals surface area contributed by atoms with Crippen molar-refractivity contribution in [2.45, 2.75) is 0 Å². The SMILES string of the molecule is NNC(=O)NN.c1ccc2occc2c1. The van der Waals surface area contributed by atoms with E-state index in [1.165, 1.54) is 0 Å². The van der Waals surface area contributed by atoms with Crippen LogP contribution in [-0.4, -0.2) is 6.03 Å². The third-order valence-electron chi connectivity index (χ3n) is 1.62. The Bertz CT molecular complexity index is 390. The van der Waals surface area contributed by atoms with Crippen LogP contribution in [0.15, 0.2) is 41.0 Å². The topological polar surface area (TPSA) is 106 Å². The van der Waals surface area contributed by atoms with Gasteiger partial charge < -0.3 is 4.42 Å². The molecule has 1 aromatic heterocycles. The molecule has 80 valence electrons. The first-order valence-corrected chi connectivity index (χ1v) is 4.17. The molecule has 0 spiro atoms. The van der Waals surface area contributed by atoms with Crippen molar-refractivity contribution in [2.24, 2.45) is 11.7 Å². The van der Waals surface area contributed by atoms with E-state index in [1.54, 1.807) is 17.1 Å². The zero-order valence-corrected chi connectivity index (χ0v) is 7.94. The van der Waals surface area contributed by atoms with E-state index in [1.807, 2.05) is 30.3 Å². The summed E-state index contributed by atoms with van der Waals surface area (Å²) < 4.78 is 5.12. The molecule has 0 saturated carbocycles. The van der Waals surface area contributed by atoms with E-state index in [0.29, 0.717) is 0 Å². The number of furan rings is 1. The minimum absolute atomic E-state index is 0.602. The average molecular weight is 208 g/mol. The number of rotatable bonds is 0. The maximum absolute atomic E-state index is 9.71. The number of nitrogens with one attached hydrogen (secondary N) is 2. The molecule has 0 radical (unpaired) electrons. The molecular formula is C9H12N4O2. The summed E-state index contributed by atoms with van der Waals surface area (Å²) in [7, 11) is 0. The van der Waals surface area contributed by atoms with Gasteiger partial charge in [-0.1, -0.05) is 18.2 Å². The first kappa shape index (κ1) is 11.0. The molecule has 2 amide bonds. The van der Waals surface area contributed by atoms with Crippen LogP contribution in [0.2, 0.25) is 0 Å². The van der Waals surface area contributed by atoms with E-state index in [0.717, 1.165) is 11.0 Å². The summed E-state index contributed by atoms with van der Waals surface area (Å²) in [5, 5.41) is 1.16. The third-order valence-corrected chi connectivity index (χ3v) is 1.62. The quantitative estimate of drug-likeness (QED) is 0.287. The molecule has 0 atom stereocenters. The zero-order chi connectivity index (χ0) is 11.1. The van der Waals surface area contributed by atoms with Gasteiger partial charge in [-0.3, -0.25) is 10.9 Å². The van der Waals surface area contributed by atoms with Crippen LogP contribution in [0.25, 0.3) is 11.0 Å². The Kier molecular flexibility index (Phi) is 4.14. The normalized spacial score (nSPS) is 8.93. The Labute approximate surface area is 86.2 Å². The van der Waals surface area contributed by atoms with Crippen molar-refractivity contribution in [1.82, 2.24) is 10.9 Å². The lowest BCUT2D eigenvalue weighted by molar-refractivity contribution is 0.241. The number of urea groups is 1. The number of carbonyl (C=O) groups is 1. The molecule has 0 unspecified atom stereocenters. The molecule has 0 bridgehead atoms. The number of hydrogen-bond donors (Lipinski definition) is 4. The highest BCUT2D eigenvalue weighted by Gasteiger charge is 1.89. The van der Waals surface area contributed by atoms with Gasteiger partial charge in [0, 0.05) is 5.39 Å². The van der Waals surface area contributed by atoms with Crippen molar-refractivity contribution in [3.05, 3.63) is 36.6 Å². The molecular weight excluding hydrogens is 196 g/mol. The molecule has 6 heteroatoms. The van der Waals surface area contributed by atoms with Gasteiger partial charge in [-0.2, -0.15) is 0 Å². The monoisotopic (exact) mass is 208 g/mol. The standard InChI is InChI=1S/C8H6O.CH6N4O/c1-2-4-8-7(3-1)5-6-9-8;2-4-1(6)5-3/h1-6H;2-3H2,(H2,4,5,6). The molecule has 2 rings (SSSR count). The summed E-state index contributed by atoms with van der Waals surface area (Å²) in [6.45, 7) is 0. The molecule has 0 aliphatic carbocycles. The second-order valence-electron chi connectivity index (χ2n) is 2.58. The van der Waals surface area contributed by atoms with Crippen molar-refractivity contribution in [3.63, 3.8) is 0 Å². The van der Waals surface area contributed by atoms with E-state index >= 15 is 0 Å². The van der Waals surface area contributed by atoms with Crippen LogP contribution in [0.3, 0.4) is 0 Å². The Hall–Kier alpha value is -2.05. The van der Waals surface area contributed by atoms with Gasteiger partial charge in [-0.15, -0.1) is 0 Å². The maximum Gasteiger partial charge on any atom is 0.343 e. The van der Waals surface area contributed by atoms with Gasteiger partial charge >= 0.3 is 6.03 Å². The summed E-state index contributed by atoms with van der Waals surface area (Å²) in [6.07, 6.45) is 1.70. The predicted octanol–water partition coefficient (Wildman–Crippen LogP) is 0.466. The highest BCUT2D eigenvalue weighted by Crippen LogP contribution is 2.12. The summed E-state index contributed by atoms with van der Waals surface area (Å²) in [5.41, 5.74) is 4.44. The van der Waals surface area contributed by atoms with Crippen molar-refractivity contribution in [2.75, 3.05) is 0 Å². The number of hydrazine groups is 2. The van der Waals surface area contributed by atoms with Gasteiger partial charge in [-0.05, 0) is 12.1 Å². The van der Waals surface area contributed by atoms with Gasteiger partial charge in [-0.25, -0.2) is 16.5 Å². The Balaban J connectivity index is 0.000000167. The van der Waals surface area contributed by atoms with Crippen molar-refractivity contribution in [3.8, 4) is 0 Å². The third kappa shape index (κ3) is 3.29. The summed E-state index contributed by atoms with van der Waals surface area (Å²) >= 11 is 0. The largest absolute Gasteiger partial charge is 0.464 e. The molecule has 6 N–H and O–H groups in total. The van der Waals surface area contributed by atoms with E-state index in [2.05, 4.69) is 11.7 Å². The van der Waals surface area contributed by atoms with Crippen LogP contribution >= 0.6 is 0 Å². The van der Waals surface area contributed by atoms with Gasteiger partial charge in [0.2, 0.25) is 0 Å². The smallest absolute Gasteiger partial charge is 0.343 e. The zero-order valence-electron chi connectivity index (χ0n) is 7.94. The average Bonchev–Trinajstić information content (AvgIpc) is 2.76. The minimum Gasteiger partial charge on any atom is -0.464 e. The number of hydrogen-bond acceptors (Lipinski definition) is 4. The molecule has 2 aromatic rings. The number of carbonyl (C=O) groups excluding carboxylic acids is 1. The lowest BCUT2D eigenvalue weighted by Gasteiger charge is -1.90. The van der Waals surface area contributed by atoms with Crippen LogP contribution in [0.5, 0.6) is 0 Å². The van der Waals surface area contributed by atoms with E-state index in [4.69, 9.17) is 4.42 Å². The molecule has 1 heterocycles. The second kappa shape index (κ2) is 5.63. The van der Waals surface area contributed by atoms with Gasteiger partial charge in [0.25, 0.3) is 0 Å². The Morgan fingerprint density at radius 1 is 1.13 bits per heavy atom. The van der Waals surface area contributed by atoms with Crippen LogP contribution in [0, 0.1) is 0 Å². The van der Waals surface area contributed by atoms with Crippen molar-refractivity contribution < 1.29 is 9.21 Å². The van der Waals surface area contributed by atoms with Crippen LogP contribution in [0.1, 0.15) is 0 Å². The molecule has 0 saturated heterocycles. The fraction of sp³-hybridized carbons (Fsp3) is 0. The number of benzene rings is 1. The fourth-order valence-corrected chi connectivity index (χ4v) is 0.948. The second-order valence-corrected chi connectivity index (χ2v) is 2.58. The number of nitrogens with two attached hydrogens (primary N) is 2. The van der Waals surface area contributed by atoms with E-state index in [9.17, 15) is 4.79 Å². The predicted molar refractivity (Wildman–Crippen MR) is 56.3 cm³/mol. The summed E-state index contributed by atoms with van der Waals surface area (Å²) in [4.78, 5) is 9.71. The summed E-state index contributed by atoms with van der Waals surface area (Å²) in [5.74, 6) is 9.08. The number of fused-ring (bicyclic) bond motifs is 1. The number of para-hydroxylation sites is 1. The lowest BCUT2D eigenvalue weighted by atomic mass is 10.3. The molecule has 6 nitrogen and oxygen atoms in total. The Morgan fingerprint density at radius 3 is 2.33 bits per heavy atom. The summed E-state index contributed by atoms with van der Waals surface area (Å²) in [6, 6.07) is 9.29. The maximum atomic E-state index is 9.71. The van der Waals surface area contributed by atoms with Gasteiger partial charge in [0.15, 0.2) is 0 Å². The Morgan fingerprint density at radius 2 is 1.80 bits per heavy atom. The van der Waals surface area contributed by atoms with Crippen LogP contribution in [0.4, 0.5) is 4.79 Å². The fourth-order valence-electron chi connectivity index (χ4n) is 0.948. The highest BCUT2D eigenvalue weighted by molar-refractivity contribution is 5.76. The first-order valence-electron chi connectivity index (χ1n) is 4.17. The molecule has 1 aromatic carbocycles. The minimum atomic E-state index is -0.602. The van der Waals surface area contributed by atoms with Crippen LogP contribution < -0.4 is 22.5 Å². The van der Waals surface area contributed by atoms with E-state index < -0.39 is 6.03 Å². The van der Waals surface area contributed by atoms with Gasteiger partial charge in [0.1, 0.15) is 5.58 Å². The highest BCUT2D eigenvalue weighted by atomic mass is 16.3. The molecule has 0 aliphatic rings. The first-order chi connectivity index (χ1) is 7.27. The molecule has 0 aliphatic heterocycles. The number of amides is 2. The van der Waals surface area contributed by atoms with Crippen molar-refractivity contribution in [1.29, 1.82) is 0 Å². The van der Waals surface area contributed by atoms with Crippen LogP contribution in [-0.2, 0) is 0 Å². The molecule has 0 fully saturated rings. The molecule has 15 heavy (non-hydrogen) atoms. The van der Waals surface area contributed by atoms with Crippen molar-refractivity contribution >= 4 is 17.0 Å². The van der Waals surface area contributed by atoms with E-state index in [-0.39, 0.29) is 0 Å².